The van der Waals surface area contributed by atoms with Crippen molar-refractivity contribution in [2.75, 3.05) is 13.6 Å². The third kappa shape index (κ3) is 2.86. The number of hydrogen-bond acceptors (Lipinski definition) is 3. The highest BCUT2D eigenvalue weighted by Crippen LogP contribution is 2.18. The van der Waals surface area contributed by atoms with E-state index in [9.17, 15) is 4.79 Å². The maximum absolute atomic E-state index is 11.0. The van der Waals surface area contributed by atoms with Crippen LogP contribution in [-0.4, -0.2) is 36.8 Å². The average molecular weight is 158 g/mol. The van der Waals surface area contributed by atoms with Crippen molar-refractivity contribution in [3.63, 3.8) is 0 Å². The molecule has 1 aliphatic rings. The predicted octanol–water partition coefficient (Wildman–Crippen LogP) is -1.15. The second-order valence-electron chi connectivity index (χ2n) is 2.86. The normalized spacial score (nSPS) is 19.5. The van der Waals surface area contributed by atoms with E-state index in [1.54, 1.807) is 7.05 Å². The van der Waals surface area contributed by atoms with E-state index in [0.29, 0.717) is 12.6 Å². The fraction of sp³-hybridized carbons (Fsp3) is 0.857. The van der Waals surface area contributed by atoms with E-state index in [0.717, 1.165) is 12.8 Å². The Balaban J connectivity index is 2.15. The number of amides is 1. The SMILES string of the molecule is CNCC(O)C(=O)NC1CC1. The standard InChI is InChI=1S/C7H14N2O2/c1-8-4-6(10)7(11)9-5-2-3-5/h5-6,8,10H,2-4H2,1H3,(H,9,11). The van der Waals surface area contributed by atoms with Gasteiger partial charge in [-0.1, -0.05) is 0 Å². The van der Waals surface area contributed by atoms with Crippen molar-refractivity contribution in [2.45, 2.75) is 25.0 Å². The molecule has 11 heavy (non-hydrogen) atoms. The van der Waals surface area contributed by atoms with Gasteiger partial charge < -0.3 is 15.7 Å². The molecule has 0 aliphatic heterocycles. The van der Waals surface area contributed by atoms with Crippen molar-refractivity contribution in [3.8, 4) is 0 Å². The molecule has 1 unspecified atom stereocenters. The Hall–Kier alpha value is -0.610. The number of hydrogen-bond donors (Lipinski definition) is 3. The highest BCUT2D eigenvalue weighted by atomic mass is 16.3. The van der Waals surface area contributed by atoms with Crippen LogP contribution in [0.5, 0.6) is 0 Å². The van der Waals surface area contributed by atoms with Crippen LogP contribution in [0.4, 0.5) is 0 Å². The van der Waals surface area contributed by atoms with Crippen molar-refractivity contribution in [2.24, 2.45) is 0 Å². The minimum absolute atomic E-state index is 0.262. The van der Waals surface area contributed by atoms with E-state index >= 15 is 0 Å². The van der Waals surface area contributed by atoms with Gasteiger partial charge in [-0.3, -0.25) is 4.79 Å². The van der Waals surface area contributed by atoms with E-state index in [1.807, 2.05) is 0 Å². The first-order valence-electron chi connectivity index (χ1n) is 3.87. The Labute approximate surface area is 66.0 Å². The number of aliphatic hydroxyl groups excluding tert-OH is 1. The van der Waals surface area contributed by atoms with Crippen LogP contribution in [0.15, 0.2) is 0 Å². The second kappa shape index (κ2) is 3.69. The van der Waals surface area contributed by atoms with Crippen LogP contribution in [-0.2, 0) is 4.79 Å². The van der Waals surface area contributed by atoms with Crippen molar-refractivity contribution in [3.05, 3.63) is 0 Å². The topological polar surface area (TPSA) is 61.4 Å². The number of carbonyl (C=O) groups is 1. The Morgan fingerprint density at radius 2 is 2.36 bits per heavy atom. The summed E-state index contributed by atoms with van der Waals surface area (Å²) < 4.78 is 0. The first kappa shape index (κ1) is 8.49. The summed E-state index contributed by atoms with van der Waals surface area (Å²) in [6.07, 6.45) is 1.20. The van der Waals surface area contributed by atoms with E-state index in [4.69, 9.17) is 5.11 Å². The highest BCUT2D eigenvalue weighted by Gasteiger charge is 2.25. The molecule has 0 spiro atoms. The molecule has 0 heterocycles. The van der Waals surface area contributed by atoms with Gasteiger partial charge in [0.25, 0.3) is 0 Å². The predicted molar refractivity (Wildman–Crippen MR) is 41.1 cm³/mol. The molecule has 0 saturated heterocycles. The first-order valence-corrected chi connectivity index (χ1v) is 3.87. The fourth-order valence-corrected chi connectivity index (χ4v) is 0.811. The van der Waals surface area contributed by atoms with Crippen LogP contribution >= 0.6 is 0 Å². The largest absolute Gasteiger partial charge is 0.382 e. The molecule has 0 aromatic rings. The van der Waals surface area contributed by atoms with Crippen molar-refractivity contribution in [1.29, 1.82) is 0 Å². The lowest BCUT2D eigenvalue weighted by atomic mass is 10.3. The summed E-state index contributed by atoms with van der Waals surface area (Å²) in [6.45, 7) is 0.318. The lowest BCUT2D eigenvalue weighted by molar-refractivity contribution is -0.129. The summed E-state index contributed by atoms with van der Waals surface area (Å²) in [6, 6.07) is 0.328. The van der Waals surface area contributed by atoms with Crippen LogP contribution in [0.3, 0.4) is 0 Å². The molecule has 1 atom stereocenters. The van der Waals surface area contributed by atoms with Crippen LogP contribution < -0.4 is 10.6 Å². The fourth-order valence-electron chi connectivity index (χ4n) is 0.811. The molecule has 3 N–H and O–H groups in total. The maximum Gasteiger partial charge on any atom is 0.250 e. The molecule has 0 radical (unpaired) electrons. The molecule has 1 fully saturated rings. The monoisotopic (exact) mass is 158 g/mol. The van der Waals surface area contributed by atoms with E-state index in [-0.39, 0.29) is 5.91 Å². The minimum Gasteiger partial charge on any atom is -0.382 e. The molecule has 1 saturated carbocycles. The van der Waals surface area contributed by atoms with Gasteiger partial charge >= 0.3 is 0 Å². The molecule has 64 valence electrons. The Morgan fingerprint density at radius 1 is 1.73 bits per heavy atom. The third-order valence-corrected chi connectivity index (χ3v) is 1.62. The lowest BCUT2D eigenvalue weighted by Crippen LogP contribution is -2.41. The van der Waals surface area contributed by atoms with E-state index < -0.39 is 6.10 Å². The van der Waals surface area contributed by atoms with Crippen molar-refractivity contribution in [1.82, 2.24) is 10.6 Å². The first-order chi connectivity index (χ1) is 5.24. The van der Waals surface area contributed by atoms with Gasteiger partial charge in [0, 0.05) is 12.6 Å². The summed E-state index contributed by atoms with van der Waals surface area (Å²) in [5, 5.41) is 14.6. The van der Waals surface area contributed by atoms with Crippen molar-refractivity contribution < 1.29 is 9.90 Å². The number of nitrogens with one attached hydrogen (secondary N) is 2. The van der Waals surface area contributed by atoms with Crippen LogP contribution in [0, 0.1) is 0 Å². The van der Waals surface area contributed by atoms with Crippen LogP contribution in [0.1, 0.15) is 12.8 Å². The Bertz CT molecular complexity index is 145. The zero-order valence-electron chi connectivity index (χ0n) is 6.63. The third-order valence-electron chi connectivity index (χ3n) is 1.62. The van der Waals surface area contributed by atoms with Crippen LogP contribution in [0.25, 0.3) is 0 Å². The van der Waals surface area contributed by atoms with Gasteiger partial charge in [-0.2, -0.15) is 0 Å². The number of aliphatic hydroxyl groups is 1. The zero-order chi connectivity index (χ0) is 8.27. The van der Waals surface area contributed by atoms with Gasteiger partial charge in [0.1, 0.15) is 6.10 Å². The quantitative estimate of drug-likeness (QED) is 0.484. The van der Waals surface area contributed by atoms with Gasteiger partial charge in [0.2, 0.25) is 5.91 Å². The summed E-state index contributed by atoms with van der Waals surface area (Å²) in [5.74, 6) is -0.262. The van der Waals surface area contributed by atoms with E-state index in [2.05, 4.69) is 10.6 Å². The number of likely N-dealkylation sites (N-methyl/N-ethyl adjacent to an activating group) is 1. The molecule has 1 rings (SSSR count). The lowest BCUT2D eigenvalue weighted by Gasteiger charge is -2.09. The van der Waals surface area contributed by atoms with Gasteiger partial charge in [0.05, 0.1) is 0 Å². The number of carbonyl (C=O) groups excluding carboxylic acids is 1. The summed E-state index contributed by atoms with van der Waals surface area (Å²) in [7, 11) is 1.70. The summed E-state index contributed by atoms with van der Waals surface area (Å²) in [4.78, 5) is 11.0. The van der Waals surface area contributed by atoms with Crippen LogP contribution in [0.2, 0.25) is 0 Å². The maximum atomic E-state index is 11.0. The molecular formula is C7H14N2O2. The molecule has 0 aromatic heterocycles. The Morgan fingerprint density at radius 3 is 2.82 bits per heavy atom. The minimum atomic E-state index is -0.902. The molecule has 4 nitrogen and oxygen atoms in total. The number of rotatable bonds is 4. The van der Waals surface area contributed by atoms with Crippen molar-refractivity contribution >= 4 is 5.91 Å². The molecule has 0 aromatic carbocycles. The zero-order valence-corrected chi connectivity index (χ0v) is 6.63. The Kier molecular flexibility index (Phi) is 2.84. The second-order valence-corrected chi connectivity index (χ2v) is 2.86. The summed E-state index contributed by atoms with van der Waals surface area (Å²) in [5.41, 5.74) is 0. The molecule has 0 bridgehead atoms. The summed E-state index contributed by atoms with van der Waals surface area (Å²) >= 11 is 0. The van der Waals surface area contributed by atoms with Gasteiger partial charge in [-0.25, -0.2) is 0 Å². The average Bonchev–Trinajstić information content (AvgIpc) is 2.72. The van der Waals surface area contributed by atoms with Gasteiger partial charge in [-0.15, -0.1) is 0 Å². The highest BCUT2D eigenvalue weighted by molar-refractivity contribution is 5.81. The van der Waals surface area contributed by atoms with E-state index in [1.165, 1.54) is 0 Å². The van der Waals surface area contributed by atoms with Gasteiger partial charge in [-0.05, 0) is 19.9 Å². The smallest absolute Gasteiger partial charge is 0.250 e. The molecule has 4 heteroatoms. The molecular weight excluding hydrogens is 144 g/mol. The molecule has 1 aliphatic carbocycles. The van der Waals surface area contributed by atoms with Gasteiger partial charge in [0.15, 0.2) is 0 Å². The molecule has 1 amide bonds.